The highest BCUT2D eigenvalue weighted by Crippen LogP contribution is 2.45. The molecule has 0 bridgehead atoms. The Bertz CT molecular complexity index is 1380. The number of aromatic amines is 1. The smallest absolute Gasteiger partial charge is 0.356 e. The van der Waals surface area contributed by atoms with Crippen molar-refractivity contribution in [3.05, 3.63) is 100 Å². The molecule has 12 heteroatoms. The zero-order valence-electron chi connectivity index (χ0n) is 21.1. The van der Waals surface area contributed by atoms with Gasteiger partial charge in [-0.05, 0) is 11.1 Å². The number of benzene rings is 2. The van der Waals surface area contributed by atoms with Crippen LogP contribution < -0.4 is 5.32 Å². The molecule has 2 atom stereocenters. The average molecular weight is 597 g/mol. The molecule has 40 heavy (non-hydrogen) atoms. The lowest BCUT2D eigenvalue weighted by Crippen LogP contribution is -2.70. The summed E-state index contributed by atoms with van der Waals surface area (Å²) >= 11 is 8.39. The van der Waals surface area contributed by atoms with Gasteiger partial charge in [-0.3, -0.25) is 24.4 Å². The number of β-lactam (4-membered cyclic amide) rings is 1. The maximum absolute atomic E-state index is 13.9. The van der Waals surface area contributed by atoms with Gasteiger partial charge in [0.25, 0.3) is 5.91 Å². The quantitative estimate of drug-likeness (QED) is 0.148. The van der Waals surface area contributed by atoms with Crippen molar-refractivity contribution in [2.45, 2.75) is 29.7 Å². The van der Waals surface area contributed by atoms with E-state index in [1.807, 2.05) is 60.7 Å². The highest BCUT2D eigenvalue weighted by atomic mass is 35.5. The van der Waals surface area contributed by atoms with E-state index in [2.05, 4.69) is 15.5 Å². The van der Waals surface area contributed by atoms with Crippen molar-refractivity contribution in [3.63, 3.8) is 0 Å². The highest BCUT2D eigenvalue weighted by Gasteiger charge is 2.54. The third kappa shape index (κ3) is 6.11. The molecule has 3 heterocycles. The molecule has 0 spiro atoms. The molecule has 1 saturated heterocycles. The van der Waals surface area contributed by atoms with Crippen LogP contribution in [-0.2, 0) is 29.7 Å². The number of nitrogens with one attached hydrogen (secondary N) is 2. The highest BCUT2D eigenvalue weighted by molar-refractivity contribution is 8.05. The molecule has 1 aromatic heterocycles. The lowest BCUT2D eigenvalue weighted by molar-refractivity contribution is -0.154. The van der Waals surface area contributed by atoms with E-state index >= 15 is 0 Å². The van der Waals surface area contributed by atoms with E-state index < -0.39 is 47.5 Å². The van der Waals surface area contributed by atoms with Crippen molar-refractivity contribution in [1.29, 1.82) is 0 Å². The maximum Gasteiger partial charge on any atom is 0.356 e. The van der Waals surface area contributed by atoms with Gasteiger partial charge < -0.3 is 10.1 Å². The Balaban J connectivity index is 1.42. The number of hydrogen-bond donors (Lipinski definition) is 2. The van der Waals surface area contributed by atoms with E-state index in [0.29, 0.717) is 16.4 Å². The van der Waals surface area contributed by atoms with Gasteiger partial charge in [0, 0.05) is 28.2 Å². The van der Waals surface area contributed by atoms with E-state index in [0.717, 1.165) is 16.7 Å². The van der Waals surface area contributed by atoms with Crippen LogP contribution in [0.3, 0.4) is 0 Å². The standard InChI is InChI=1S/C28H25ClN4O5S2/c29-12-20(34)11-22(35)32-23-26(36)33-24(21(16-40-27(23)33)39-15-17-13-30-31-14-17)28(37)38-25(18-7-3-1-4-8-18)19-9-5-2-6-10-19/h1-10,13-14,23,25,27H,11-12,15-16H2,(H,30,31)(H,32,35)/t23-,27-/m1/s1. The summed E-state index contributed by atoms with van der Waals surface area (Å²) in [6.07, 6.45) is 2.38. The first kappa shape index (κ1) is 28.0. The molecule has 0 unspecified atom stereocenters. The van der Waals surface area contributed by atoms with Crippen LogP contribution in [0.1, 0.15) is 29.2 Å². The molecule has 0 radical (unpaired) electrons. The summed E-state index contributed by atoms with van der Waals surface area (Å²) < 4.78 is 6.14. The van der Waals surface area contributed by atoms with Gasteiger partial charge in [-0.15, -0.1) is 35.1 Å². The van der Waals surface area contributed by atoms with E-state index in [9.17, 15) is 19.2 Å². The van der Waals surface area contributed by atoms with E-state index in [-0.39, 0.29) is 11.6 Å². The Labute approximate surface area is 244 Å². The number of amides is 2. The van der Waals surface area contributed by atoms with Gasteiger partial charge in [0.05, 0.1) is 18.5 Å². The van der Waals surface area contributed by atoms with Crippen LogP contribution in [0.15, 0.2) is 83.7 Å². The molecule has 2 N–H and O–H groups in total. The first-order valence-electron chi connectivity index (χ1n) is 12.4. The van der Waals surface area contributed by atoms with Gasteiger partial charge in [-0.1, -0.05) is 60.7 Å². The Morgan fingerprint density at radius 3 is 2.40 bits per heavy atom. The number of alkyl halides is 1. The number of thioether (sulfide) groups is 2. The van der Waals surface area contributed by atoms with Crippen molar-refractivity contribution < 1.29 is 23.9 Å². The molecule has 0 aliphatic carbocycles. The van der Waals surface area contributed by atoms with Gasteiger partial charge >= 0.3 is 5.97 Å². The second-order valence-electron chi connectivity index (χ2n) is 9.08. The Morgan fingerprint density at radius 1 is 1.12 bits per heavy atom. The second-order valence-corrected chi connectivity index (χ2v) is 11.5. The molecular formula is C28H25ClN4O5S2. The number of carbonyl (C=O) groups excluding carboxylic acids is 4. The van der Waals surface area contributed by atoms with Crippen LogP contribution in [0.25, 0.3) is 0 Å². The van der Waals surface area contributed by atoms with Crippen molar-refractivity contribution in [3.8, 4) is 0 Å². The molecule has 9 nitrogen and oxygen atoms in total. The summed E-state index contributed by atoms with van der Waals surface area (Å²) in [6, 6.07) is 17.9. The number of esters is 1. The molecule has 1 fully saturated rings. The van der Waals surface area contributed by atoms with Gasteiger partial charge in [0.2, 0.25) is 5.91 Å². The van der Waals surface area contributed by atoms with Crippen LogP contribution in [0.2, 0.25) is 0 Å². The van der Waals surface area contributed by atoms with Crippen LogP contribution in [0.4, 0.5) is 0 Å². The Morgan fingerprint density at radius 2 is 1.80 bits per heavy atom. The lowest BCUT2D eigenvalue weighted by Gasteiger charge is -2.49. The molecule has 2 aliphatic heterocycles. The minimum Gasteiger partial charge on any atom is -0.448 e. The fourth-order valence-electron chi connectivity index (χ4n) is 4.42. The Hall–Kier alpha value is -3.54. The predicted molar refractivity (Wildman–Crippen MR) is 153 cm³/mol. The van der Waals surface area contributed by atoms with Crippen molar-refractivity contribution in [2.75, 3.05) is 11.6 Å². The number of Topliss-reactive ketones (excluding diaryl/α,β-unsaturated/α-hetero) is 1. The minimum absolute atomic E-state index is 0.168. The molecule has 5 rings (SSSR count). The summed E-state index contributed by atoms with van der Waals surface area (Å²) in [4.78, 5) is 53.3. The van der Waals surface area contributed by atoms with Crippen LogP contribution >= 0.6 is 35.1 Å². The molecule has 3 aromatic rings. The van der Waals surface area contributed by atoms with E-state index in [1.54, 1.807) is 12.4 Å². The number of carbonyl (C=O) groups is 4. The number of aromatic nitrogens is 2. The number of H-pyrrole nitrogens is 1. The van der Waals surface area contributed by atoms with Gasteiger partial charge in [0.1, 0.15) is 17.1 Å². The summed E-state index contributed by atoms with van der Waals surface area (Å²) in [7, 11) is 0. The lowest BCUT2D eigenvalue weighted by atomic mass is 10.0. The van der Waals surface area contributed by atoms with Crippen LogP contribution in [0, 0.1) is 0 Å². The normalized spacial score (nSPS) is 18.2. The fraction of sp³-hybridized carbons (Fsp3) is 0.250. The number of nitrogens with zero attached hydrogens (tertiary/aromatic N) is 2. The van der Waals surface area contributed by atoms with Gasteiger partial charge in [-0.2, -0.15) is 5.10 Å². The third-order valence-electron chi connectivity index (χ3n) is 6.35. The topological polar surface area (TPSA) is 121 Å². The molecule has 2 amide bonds. The van der Waals surface area contributed by atoms with Crippen LogP contribution in [0.5, 0.6) is 0 Å². The zero-order chi connectivity index (χ0) is 28.1. The first-order chi connectivity index (χ1) is 19.5. The monoisotopic (exact) mass is 596 g/mol. The molecule has 0 saturated carbocycles. The maximum atomic E-state index is 13.9. The van der Waals surface area contributed by atoms with Crippen LogP contribution in [-0.4, -0.2) is 61.7 Å². The second kappa shape index (κ2) is 12.8. The van der Waals surface area contributed by atoms with Crippen molar-refractivity contribution in [2.24, 2.45) is 0 Å². The van der Waals surface area contributed by atoms with Crippen molar-refractivity contribution >= 4 is 58.7 Å². The largest absolute Gasteiger partial charge is 0.448 e. The molecular weight excluding hydrogens is 572 g/mol. The van der Waals surface area contributed by atoms with E-state index in [1.165, 1.54) is 28.4 Å². The fourth-order valence-corrected chi connectivity index (χ4v) is 7.06. The first-order valence-corrected chi connectivity index (χ1v) is 15.0. The summed E-state index contributed by atoms with van der Waals surface area (Å²) in [5, 5.41) is 8.87. The number of fused-ring (bicyclic) bond motifs is 1. The molecule has 2 aromatic carbocycles. The zero-order valence-corrected chi connectivity index (χ0v) is 23.5. The minimum atomic E-state index is -0.858. The van der Waals surface area contributed by atoms with Crippen molar-refractivity contribution in [1.82, 2.24) is 20.4 Å². The number of halogens is 1. The average Bonchev–Trinajstić information content (AvgIpc) is 3.51. The SMILES string of the molecule is O=C(CCl)CC(=O)N[C@@H]1C(=O)N2C(C(=O)OC(c3ccccc3)c3ccccc3)=C(SCc3cn[nH]c3)CS[C@H]12. The van der Waals surface area contributed by atoms with Gasteiger partial charge in [-0.25, -0.2) is 4.79 Å². The van der Waals surface area contributed by atoms with Gasteiger partial charge in [0.15, 0.2) is 11.9 Å². The van der Waals surface area contributed by atoms with E-state index in [4.69, 9.17) is 16.3 Å². The predicted octanol–water partition coefficient (Wildman–Crippen LogP) is 3.79. The molecule has 206 valence electrons. The number of ether oxygens (including phenoxy) is 1. The number of hydrogen-bond acceptors (Lipinski definition) is 8. The summed E-state index contributed by atoms with van der Waals surface area (Å²) in [5.74, 6) is -1.38. The Kier molecular flexibility index (Phi) is 8.93. The third-order valence-corrected chi connectivity index (χ3v) is 9.27. The summed E-state index contributed by atoms with van der Waals surface area (Å²) in [5.41, 5.74) is 2.69. The number of rotatable bonds is 11. The molecule has 2 aliphatic rings. The summed E-state index contributed by atoms with van der Waals surface area (Å²) in [6.45, 7) is 0. The number of ketones is 1.